The first kappa shape index (κ1) is 21.2. The molecule has 0 radical (unpaired) electrons. The highest BCUT2D eigenvalue weighted by molar-refractivity contribution is 5.59. The van der Waals surface area contributed by atoms with E-state index in [-0.39, 0.29) is 0 Å². The maximum absolute atomic E-state index is 6.22. The molecule has 8 nitrogen and oxygen atoms in total. The zero-order valence-corrected chi connectivity index (χ0v) is 19.0. The van der Waals surface area contributed by atoms with Gasteiger partial charge in [-0.25, -0.2) is 14.6 Å². The van der Waals surface area contributed by atoms with E-state index < -0.39 is 0 Å². The third-order valence-corrected chi connectivity index (χ3v) is 6.04. The van der Waals surface area contributed by atoms with Crippen LogP contribution in [0.3, 0.4) is 0 Å². The van der Waals surface area contributed by atoms with E-state index in [9.17, 15) is 0 Å². The van der Waals surface area contributed by atoms with Crippen LogP contribution in [0.1, 0.15) is 49.1 Å². The fourth-order valence-corrected chi connectivity index (χ4v) is 4.18. The van der Waals surface area contributed by atoms with E-state index >= 15 is 0 Å². The Morgan fingerprint density at radius 3 is 2.64 bits per heavy atom. The number of para-hydroxylation sites is 1. The summed E-state index contributed by atoms with van der Waals surface area (Å²) in [6.07, 6.45) is 8.00. The van der Waals surface area contributed by atoms with Crippen LogP contribution < -0.4 is 10.1 Å². The van der Waals surface area contributed by atoms with Crippen LogP contribution in [-0.2, 0) is 6.54 Å². The summed E-state index contributed by atoms with van der Waals surface area (Å²) in [4.78, 5) is 9.12. The predicted octanol–water partition coefficient (Wildman–Crippen LogP) is 5.26. The largest absolute Gasteiger partial charge is 0.489 e. The van der Waals surface area contributed by atoms with Crippen molar-refractivity contribution in [3.63, 3.8) is 0 Å². The molecule has 0 aliphatic heterocycles. The summed E-state index contributed by atoms with van der Waals surface area (Å²) in [6.45, 7) is 4.38. The Morgan fingerprint density at radius 2 is 1.85 bits per heavy atom. The standard InChI is InChI=1S/C25H28N6O2/c1-17-21(15-26-25-27-16-31(29-25)19-9-5-3-6-10-19)24(33-30-17)22-13-14-23(18(2)28-22)32-20-11-7-4-8-12-20/h3,5-6,9-10,13-14,16,20H,4,7-8,11-12,15H2,1-2H3,(H,26,29). The van der Waals surface area contributed by atoms with Crippen LogP contribution in [0.2, 0.25) is 0 Å². The molecule has 3 aromatic heterocycles. The number of aromatic nitrogens is 5. The molecule has 1 N–H and O–H groups in total. The molecule has 5 rings (SSSR count). The Bertz CT molecular complexity index is 1210. The minimum absolute atomic E-state index is 0.292. The van der Waals surface area contributed by atoms with E-state index in [1.54, 1.807) is 11.0 Å². The normalized spacial score (nSPS) is 14.4. The molecule has 0 bridgehead atoms. The van der Waals surface area contributed by atoms with Gasteiger partial charge in [0, 0.05) is 12.1 Å². The second kappa shape index (κ2) is 9.44. The Kier molecular flexibility index (Phi) is 6.06. The zero-order valence-electron chi connectivity index (χ0n) is 19.0. The third-order valence-electron chi connectivity index (χ3n) is 6.04. The number of hydrogen-bond acceptors (Lipinski definition) is 7. The molecule has 33 heavy (non-hydrogen) atoms. The van der Waals surface area contributed by atoms with Gasteiger partial charge in [-0.1, -0.05) is 29.8 Å². The van der Waals surface area contributed by atoms with Crippen molar-refractivity contribution in [2.45, 2.75) is 58.6 Å². The van der Waals surface area contributed by atoms with Crippen LogP contribution in [0, 0.1) is 13.8 Å². The molecular formula is C25H28N6O2. The summed E-state index contributed by atoms with van der Waals surface area (Å²) in [5.41, 5.74) is 4.29. The lowest BCUT2D eigenvalue weighted by Gasteiger charge is -2.23. The quantitative estimate of drug-likeness (QED) is 0.416. The van der Waals surface area contributed by atoms with Crippen molar-refractivity contribution in [2.24, 2.45) is 0 Å². The van der Waals surface area contributed by atoms with Crippen LogP contribution in [0.4, 0.5) is 5.95 Å². The Morgan fingerprint density at radius 1 is 1.03 bits per heavy atom. The van der Waals surface area contributed by atoms with E-state index in [2.05, 4.69) is 20.6 Å². The summed E-state index contributed by atoms with van der Waals surface area (Å²) in [6, 6.07) is 13.8. The molecule has 0 atom stereocenters. The van der Waals surface area contributed by atoms with Gasteiger partial charge >= 0.3 is 0 Å². The molecule has 170 valence electrons. The summed E-state index contributed by atoms with van der Waals surface area (Å²) < 4.78 is 13.6. The fourth-order valence-electron chi connectivity index (χ4n) is 4.18. The SMILES string of the molecule is Cc1nc(-c2onc(C)c2CNc2ncn(-c3ccccc3)n2)ccc1OC1CCCCC1. The second-order valence-electron chi connectivity index (χ2n) is 8.44. The lowest BCUT2D eigenvalue weighted by atomic mass is 9.98. The van der Waals surface area contributed by atoms with Gasteiger partial charge in [-0.2, -0.15) is 0 Å². The maximum atomic E-state index is 6.22. The zero-order chi connectivity index (χ0) is 22.6. The summed E-state index contributed by atoms with van der Waals surface area (Å²) in [5, 5.41) is 11.9. The van der Waals surface area contributed by atoms with E-state index in [1.807, 2.05) is 56.3 Å². The van der Waals surface area contributed by atoms with Gasteiger partial charge in [-0.15, -0.1) is 5.10 Å². The average Bonchev–Trinajstić information content (AvgIpc) is 3.47. The molecule has 0 amide bonds. The van der Waals surface area contributed by atoms with Crippen LogP contribution in [0.25, 0.3) is 17.1 Å². The lowest BCUT2D eigenvalue weighted by molar-refractivity contribution is 0.153. The smallest absolute Gasteiger partial charge is 0.242 e. The highest BCUT2D eigenvalue weighted by Crippen LogP contribution is 2.30. The number of pyridine rings is 1. The lowest BCUT2D eigenvalue weighted by Crippen LogP contribution is -2.20. The monoisotopic (exact) mass is 444 g/mol. The third kappa shape index (κ3) is 4.74. The second-order valence-corrected chi connectivity index (χ2v) is 8.44. The molecule has 0 unspecified atom stereocenters. The highest BCUT2D eigenvalue weighted by atomic mass is 16.5. The predicted molar refractivity (Wildman–Crippen MR) is 125 cm³/mol. The molecule has 4 aromatic rings. The fraction of sp³-hybridized carbons (Fsp3) is 0.360. The van der Waals surface area contributed by atoms with E-state index in [0.29, 0.717) is 24.4 Å². The van der Waals surface area contributed by atoms with Crippen molar-refractivity contribution >= 4 is 5.95 Å². The van der Waals surface area contributed by atoms with Gasteiger partial charge in [0.1, 0.15) is 17.8 Å². The summed E-state index contributed by atoms with van der Waals surface area (Å²) in [7, 11) is 0. The van der Waals surface area contributed by atoms with Gasteiger partial charge < -0.3 is 14.6 Å². The number of benzene rings is 1. The van der Waals surface area contributed by atoms with Crippen molar-refractivity contribution in [3.8, 4) is 22.9 Å². The van der Waals surface area contributed by atoms with Crippen LogP contribution in [0.5, 0.6) is 5.75 Å². The summed E-state index contributed by atoms with van der Waals surface area (Å²) >= 11 is 0. The number of nitrogens with zero attached hydrogens (tertiary/aromatic N) is 5. The van der Waals surface area contributed by atoms with Gasteiger partial charge in [0.15, 0.2) is 5.76 Å². The minimum Gasteiger partial charge on any atom is -0.489 e. The first-order valence-corrected chi connectivity index (χ1v) is 11.5. The van der Waals surface area contributed by atoms with E-state index in [4.69, 9.17) is 14.2 Å². The van der Waals surface area contributed by atoms with Gasteiger partial charge in [0.25, 0.3) is 0 Å². The molecular weight excluding hydrogens is 416 g/mol. The van der Waals surface area contributed by atoms with Crippen LogP contribution in [0.15, 0.2) is 53.3 Å². The molecule has 1 aromatic carbocycles. The molecule has 3 heterocycles. The number of hydrogen-bond donors (Lipinski definition) is 1. The number of anilines is 1. The van der Waals surface area contributed by atoms with Crippen molar-refractivity contribution < 1.29 is 9.26 Å². The highest BCUT2D eigenvalue weighted by Gasteiger charge is 2.20. The minimum atomic E-state index is 0.292. The number of nitrogens with one attached hydrogen (secondary N) is 1. The molecule has 1 aliphatic rings. The molecule has 1 fully saturated rings. The van der Waals surface area contributed by atoms with Gasteiger partial charge in [0.2, 0.25) is 5.95 Å². The van der Waals surface area contributed by atoms with Gasteiger partial charge in [-0.3, -0.25) is 0 Å². The first-order chi connectivity index (χ1) is 16.2. The first-order valence-electron chi connectivity index (χ1n) is 11.5. The van der Waals surface area contributed by atoms with E-state index in [1.165, 1.54) is 19.3 Å². The number of aryl methyl sites for hydroxylation is 2. The summed E-state index contributed by atoms with van der Waals surface area (Å²) in [5.74, 6) is 2.03. The molecule has 8 heteroatoms. The Balaban J connectivity index is 1.30. The van der Waals surface area contributed by atoms with E-state index in [0.717, 1.165) is 46.9 Å². The molecule has 1 saturated carbocycles. The molecule has 0 saturated heterocycles. The molecule has 0 spiro atoms. The van der Waals surface area contributed by atoms with Crippen LogP contribution in [-0.4, -0.2) is 31.0 Å². The molecule has 1 aliphatic carbocycles. The topological polar surface area (TPSA) is 90.9 Å². The van der Waals surface area contributed by atoms with Crippen molar-refractivity contribution in [1.29, 1.82) is 0 Å². The number of rotatable bonds is 7. The van der Waals surface area contributed by atoms with Gasteiger partial charge in [0.05, 0.1) is 23.2 Å². The van der Waals surface area contributed by atoms with Crippen molar-refractivity contribution in [2.75, 3.05) is 5.32 Å². The average molecular weight is 445 g/mol. The van der Waals surface area contributed by atoms with Gasteiger partial charge in [-0.05, 0) is 63.8 Å². The number of ether oxygens (including phenoxy) is 1. The Hall–Kier alpha value is -3.68. The van der Waals surface area contributed by atoms with Crippen molar-refractivity contribution in [1.82, 2.24) is 24.9 Å². The maximum Gasteiger partial charge on any atom is 0.242 e. The van der Waals surface area contributed by atoms with Crippen LogP contribution >= 0.6 is 0 Å². The van der Waals surface area contributed by atoms with Crippen molar-refractivity contribution in [3.05, 3.63) is 65.7 Å². The Labute approximate surface area is 193 Å².